The second-order valence-corrected chi connectivity index (χ2v) is 11.3. The van der Waals surface area contributed by atoms with Gasteiger partial charge in [0, 0.05) is 48.1 Å². The molecule has 2 saturated heterocycles. The number of phenols is 1. The molecule has 0 unspecified atom stereocenters. The van der Waals surface area contributed by atoms with E-state index in [9.17, 15) is 10.2 Å². The summed E-state index contributed by atoms with van der Waals surface area (Å²) in [6.07, 6.45) is 5.29. The summed E-state index contributed by atoms with van der Waals surface area (Å²) >= 11 is 0. The SMILES string of the molecule is OCC1(CNc2nc(N3C[C@H]4CC[C@@H](C3)N4)c3ccc(-c4cc(O)cc5ccccc45)c(F)c3n2)CCC1. The zero-order valence-corrected chi connectivity index (χ0v) is 21.3. The van der Waals surface area contributed by atoms with E-state index in [-0.39, 0.29) is 23.3 Å². The minimum atomic E-state index is -0.427. The van der Waals surface area contributed by atoms with Crippen LogP contribution >= 0.6 is 0 Å². The first-order valence-corrected chi connectivity index (χ1v) is 13.6. The van der Waals surface area contributed by atoms with Gasteiger partial charge in [0.05, 0.1) is 6.61 Å². The maximum Gasteiger partial charge on any atom is 0.225 e. The van der Waals surface area contributed by atoms with Crippen molar-refractivity contribution in [2.45, 2.75) is 44.2 Å². The molecule has 0 amide bonds. The van der Waals surface area contributed by atoms with E-state index in [4.69, 9.17) is 4.98 Å². The fourth-order valence-corrected chi connectivity index (χ4v) is 6.50. The molecule has 1 aliphatic carbocycles. The molecule has 3 heterocycles. The number of rotatable bonds is 6. The molecule has 0 spiro atoms. The van der Waals surface area contributed by atoms with Gasteiger partial charge in [0.2, 0.25) is 5.95 Å². The highest BCUT2D eigenvalue weighted by molar-refractivity contribution is 6.01. The third-order valence-corrected chi connectivity index (χ3v) is 8.81. The molecular weight excluding hydrogens is 481 g/mol. The number of anilines is 2. The Morgan fingerprint density at radius 1 is 1.00 bits per heavy atom. The van der Waals surface area contributed by atoms with Gasteiger partial charge in [-0.1, -0.05) is 36.8 Å². The summed E-state index contributed by atoms with van der Waals surface area (Å²) < 4.78 is 16.5. The van der Waals surface area contributed by atoms with E-state index in [0.717, 1.165) is 61.8 Å². The Kier molecular flexibility index (Phi) is 5.63. The summed E-state index contributed by atoms with van der Waals surface area (Å²) in [4.78, 5) is 11.9. The maximum atomic E-state index is 16.5. The van der Waals surface area contributed by atoms with Crippen LogP contribution in [-0.4, -0.2) is 58.5 Å². The van der Waals surface area contributed by atoms with Crippen molar-refractivity contribution in [3.05, 3.63) is 54.3 Å². The van der Waals surface area contributed by atoms with E-state index in [1.807, 2.05) is 30.3 Å². The number of fused-ring (bicyclic) bond motifs is 4. The number of nitrogens with zero attached hydrogens (tertiary/aromatic N) is 3. The van der Waals surface area contributed by atoms with Gasteiger partial charge < -0.3 is 25.7 Å². The average molecular weight is 514 g/mol. The van der Waals surface area contributed by atoms with Gasteiger partial charge in [-0.15, -0.1) is 0 Å². The molecule has 38 heavy (non-hydrogen) atoms. The summed E-state index contributed by atoms with van der Waals surface area (Å²) in [5, 5.41) is 29.7. The molecule has 1 aromatic heterocycles. The van der Waals surface area contributed by atoms with Crippen molar-refractivity contribution in [2.75, 3.05) is 36.5 Å². The molecule has 4 aromatic rings. The van der Waals surface area contributed by atoms with Crippen molar-refractivity contribution >= 4 is 33.4 Å². The first-order chi connectivity index (χ1) is 18.5. The summed E-state index contributed by atoms with van der Waals surface area (Å²) in [5.74, 6) is 0.794. The molecule has 2 atom stereocenters. The number of hydrogen-bond donors (Lipinski definition) is 4. The van der Waals surface area contributed by atoms with Gasteiger partial charge in [-0.3, -0.25) is 0 Å². The summed E-state index contributed by atoms with van der Waals surface area (Å²) in [7, 11) is 0. The highest BCUT2D eigenvalue weighted by atomic mass is 19.1. The van der Waals surface area contributed by atoms with Crippen LogP contribution in [0.4, 0.5) is 16.2 Å². The van der Waals surface area contributed by atoms with Gasteiger partial charge in [0.15, 0.2) is 5.82 Å². The van der Waals surface area contributed by atoms with Gasteiger partial charge in [-0.05, 0) is 60.2 Å². The number of aromatic nitrogens is 2. The Balaban J connectivity index is 1.37. The first kappa shape index (κ1) is 23.6. The Morgan fingerprint density at radius 3 is 2.53 bits per heavy atom. The van der Waals surface area contributed by atoms with Crippen LogP contribution in [0.2, 0.25) is 0 Å². The second-order valence-electron chi connectivity index (χ2n) is 11.3. The minimum Gasteiger partial charge on any atom is -0.508 e. The Bertz CT molecular complexity index is 1520. The lowest BCUT2D eigenvalue weighted by molar-refractivity contribution is 0.0575. The smallest absolute Gasteiger partial charge is 0.225 e. The number of nitrogens with one attached hydrogen (secondary N) is 2. The lowest BCUT2D eigenvalue weighted by Crippen LogP contribution is -2.51. The van der Waals surface area contributed by atoms with Gasteiger partial charge in [0.25, 0.3) is 0 Å². The van der Waals surface area contributed by atoms with Crippen LogP contribution in [0, 0.1) is 11.2 Å². The second kappa shape index (κ2) is 9.06. The standard InChI is InChI=1S/C30H32FN5O2/c31-26-23(25-13-21(38)12-18-4-1-2-5-22(18)25)8-9-24-27(26)34-29(32-16-30(17-37)10-3-11-30)35-28(24)36-14-19-6-7-20(15-36)33-19/h1-2,4-5,8-9,12-13,19-20,33,37-38H,3,6-7,10-11,14-17H2,(H,32,34,35)/t19-,20+. The third-order valence-electron chi connectivity index (χ3n) is 8.81. The van der Waals surface area contributed by atoms with E-state index in [2.05, 4.69) is 20.5 Å². The Morgan fingerprint density at radius 2 is 1.79 bits per heavy atom. The molecular formula is C30H32FN5O2. The quantitative estimate of drug-likeness (QED) is 0.294. The van der Waals surface area contributed by atoms with Crippen molar-refractivity contribution in [3.63, 3.8) is 0 Å². The fourth-order valence-electron chi connectivity index (χ4n) is 6.50. The summed E-state index contributed by atoms with van der Waals surface area (Å²) in [6.45, 7) is 2.32. The maximum absolute atomic E-state index is 16.5. The zero-order valence-electron chi connectivity index (χ0n) is 21.3. The number of phenolic OH excluding ortho intramolecular Hbond substituents is 1. The summed E-state index contributed by atoms with van der Waals surface area (Å²) in [5.41, 5.74) is 1.13. The molecule has 3 aliphatic rings. The fraction of sp³-hybridized carbons (Fsp3) is 0.400. The number of aliphatic hydroxyl groups excluding tert-OH is 1. The Hall–Kier alpha value is -3.49. The number of halogens is 1. The largest absolute Gasteiger partial charge is 0.508 e. The van der Waals surface area contributed by atoms with Crippen molar-refractivity contribution in [3.8, 4) is 16.9 Å². The van der Waals surface area contributed by atoms with Crippen molar-refractivity contribution in [1.29, 1.82) is 0 Å². The van der Waals surface area contributed by atoms with Crippen LogP contribution in [0.3, 0.4) is 0 Å². The number of aliphatic hydroxyl groups is 1. The third kappa shape index (κ3) is 3.94. The average Bonchev–Trinajstić information content (AvgIpc) is 3.25. The van der Waals surface area contributed by atoms with Gasteiger partial charge >= 0.3 is 0 Å². The van der Waals surface area contributed by atoms with Crippen LogP contribution < -0.4 is 15.5 Å². The minimum absolute atomic E-state index is 0.0926. The molecule has 8 heteroatoms. The predicted octanol–water partition coefficient (Wildman–Crippen LogP) is 4.81. The monoisotopic (exact) mass is 513 g/mol. The molecule has 0 radical (unpaired) electrons. The molecule has 2 aliphatic heterocycles. The molecule has 7 nitrogen and oxygen atoms in total. The molecule has 7 rings (SSSR count). The molecule has 2 bridgehead atoms. The topological polar surface area (TPSA) is 93.5 Å². The van der Waals surface area contributed by atoms with Gasteiger partial charge in [-0.25, -0.2) is 9.37 Å². The van der Waals surface area contributed by atoms with E-state index in [1.54, 1.807) is 18.2 Å². The van der Waals surface area contributed by atoms with Crippen molar-refractivity contribution in [1.82, 2.24) is 15.3 Å². The van der Waals surface area contributed by atoms with Crippen LogP contribution in [0.5, 0.6) is 5.75 Å². The number of benzene rings is 3. The lowest BCUT2D eigenvalue weighted by atomic mass is 9.69. The number of hydrogen-bond acceptors (Lipinski definition) is 7. The lowest BCUT2D eigenvalue weighted by Gasteiger charge is -2.40. The first-order valence-electron chi connectivity index (χ1n) is 13.6. The molecule has 3 aromatic carbocycles. The Labute approximate surface area is 220 Å². The predicted molar refractivity (Wildman–Crippen MR) is 148 cm³/mol. The van der Waals surface area contributed by atoms with Crippen LogP contribution in [0.15, 0.2) is 48.5 Å². The van der Waals surface area contributed by atoms with Gasteiger partial charge in [0.1, 0.15) is 17.1 Å². The van der Waals surface area contributed by atoms with E-state index >= 15 is 4.39 Å². The molecule has 196 valence electrons. The number of piperazine rings is 1. The van der Waals surface area contributed by atoms with Crippen LogP contribution in [0.1, 0.15) is 32.1 Å². The van der Waals surface area contributed by atoms with Crippen molar-refractivity contribution in [2.24, 2.45) is 5.41 Å². The van der Waals surface area contributed by atoms with Gasteiger partial charge in [-0.2, -0.15) is 4.98 Å². The number of aromatic hydroxyl groups is 1. The van der Waals surface area contributed by atoms with Crippen LogP contribution in [-0.2, 0) is 0 Å². The summed E-state index contributed by atoms with van der Waals surface area (Å²) in [6, 6.07) is 15.5. The molecule has 3 fully saturated rings. The van der Waals surface area contributed by atoms with E-state index in [0.29, 0.717) is 41.1 Å². The van der Waals surface area contributed by atoms with Crippen molar-refractivity contribution < 1.29 is 14.6 Å². The molecule has 4 N–H and O–H groups in total. The highest BCUT2D eigenvalue weighted by Crippen LogP contribution is 2.41. The van der Waals surface area contributed by atoms with E-state index < -0.39 is 5.82 Å². The zero-order chi connectivity index (χ0) is 25.9. The molecule has 1 saturated carbocycles. The normalized spacial score (nSPS) is 22.1. The highest BCUT2D eigenvalue weighted by Gasteiger charge is 2.37. The van der Waals surface area contributed by atoms with E-state index in [1.165, 1.54) is 0 Å². The van der Waals surface area contributed by atoms with Crippen LogP contribution in [0.25, 0.3) is 32.8 Å².